The van der Waals surface area contributed by atoms with Crippen molar-refractivity contribution in [3.8, 4) is 22.8 Å². The lowest BCUT2D eigenvalue weighted by atomic mass is 10.1. The molecule has 0 saturated heterocycles. The number of carbonyl (C=O) groups excluding carboxylic acids is 1. The summed E-state index contributed by atoms with van der Waals surface area (Å²) in [4.78, 5) is 16.4. The molecule has 0 bridgehead atoms. The Kier molecular flexibility index (Phi) is 4.45. The number of hydrogen-bond acceptors (Lipinski definition) is 6. The van der Waals surface area contributed by atoms with Crippen molar-refractivity contribution in [1.82, 2.24) is 4.98 Å². The van der Waals surface area contributed by atoms with E-state index in [-0.39, 0.29) is 24.0 Å². The Labute approximate surface area is 141 Å². The zero-order valence-corrected chi connectivity index (χ0v) is 13.2. The van der Waals surface area contributed by atoms with E-state index in [9.17, 15) is 15.0 Å². The number of carbonyl (C=O) groups is 1. The molecule has 6 nitrogen and oxygen atoms in total. The Bertz CT molecular complexity index is 875. The molecule has 1 heterocycles. The van der Waals surface area contributed by atoms with Crippen LogP contribution in [0.5, 0.6) is 11.5 Å². The van der Waals surface area contributed by atoms with E-state index in [2.05, 4.69) is 10.3 Å². The second kappa shape index (κ2) is 6.69. The number of benzene rings is 2. The van der Waals surface area contributed by atoms with Gasteiger partial charge in [-0.1, -0.05) is 18.2 Å². The number of nitrogens with one attached hydrogen (secondary N) is 1. The highest BCUT2D eigenvalue weighted by Crippen LogP contribution is 2.37. The summed E-state index contributed by atoms with van der Waals surface area (Å²) in [7, 11) is 0. The maximum Gasteiger partial charge on any atom is 0.257 e. The molecule has 0 aliphatic carbocycles. The molecule has 1 aromatic heterocycles. The Hall–Kier alpha value is -2.90. The Morgan fingerprint density at radius 3 is 2.58 bits per heavy atom. The van der Waals surface area contributed by atoms with E-state index in [1.807, 2.05) is 0 Å². The van der Waals surface area contributed by atoms with Gasteiger partial charge in [0.05, 0.1) is 12.3 Å². The molecule has 24 heavy (non-hydrogen) atoms. The Morgan fingerprint density at radius 1 is 1.12 bits per heavy atom. The van der Waals surface area contributed by atoms with E-state index in [0.29, 0.717) is 22.0 Å². The quantitative estimate of drug-likeness (QED) is 0.546. The average molecular weight is 342 g/mol. The van der Waals surface area contributed by atoms with Crippen LogP contribution in [0.25, 0.3) is 11.3 Å². The molecule has 0 fully saturated rings. The lowest BCUT2D eigenvalue weighted by molar-refractivity contribution is 0.102. The molecule has 3 rings (SSSR count). The number of nitrogens with zero attached hydrogens (tertiary/aromatic N) is 1. The number of aliphatic hydroxyl groups is 1. The van der Waals surface area contributed by atoms with E-state index in [0.717, 1.165) is 5.56 Å². The van der Waals surface area contributed by atoms with Gasteiger partial charge in [-0.15, -0.1) is 11.3 Å². The summed E-state index contributed by atoms with van der Waals surface area (Å²) in [5.41, 5.74) is 2.02. The average Bonchev–Trinajstić information content (AvgIpc) is 3.05. The van der Waals surface area contributed by atoms with Gasteiger partial charge in [-0.2, -0.15) is 0 Å². The molecule has 0 radical (unpaired) electrons. The van der Waals surface area contributed by atoms with Crippen LogP contribution in [0.4, 0.5) is 5.13 Å². The van der Waals surface area contributed by atoms with Crippen molar-refractivity contribution in [1.29, 1.82) is 0 Å². The number of rotatable bonds is 4. The van der Waals surface area contributed by atoms with Crippen LogP contribution in [0, 0.1) is 0 Å². The first-order valence-corrected chi connectivity index (χ1v) is 7.94. The van der Waals surface area contributed by atoms with Crippen LogP contribution in [0.3, 0.4) is 0 Å². The summed E-state index contributed by atoms with van der Waals surface area (Å²) in [5, 5.41) is 33.2. The number of aliphatic hydroxyl groups excluding tert-OH is 1. The van der Waals surface area contributed by atoms with Crippen molar-refractivity contribution in [2.45, 2.75) is 6.61 Å². The number of thiazole rings is 1. The van der Waals surface area contributed by atoms with E-state index in [4.69, 9.17) is 5.11 Å². The second-order valence-corrected chi connectivity index (χ2v) is 5.88. The fourth-order valence-electron chi connectivity index (χ4n) is 2.12. The summed E-state index contributed by atoms with van der Waals surface area (Å²) in [5.74, 6) is -0.796. The minimum absolute atomic E-state index is 0.0782. The van der Waals surface area contributed by atoms with Crippen LogP contribution in [0.1, 0.15) is 15.9 Å². The summed E-state index contributed by atoms with van der Waals surface area (Å²) in [6.45, 7) is -0.0782. The Morgan fingerprint density at radius 2 is 1.88 bits per heavy atom. The predicted octanol–water partition coefficient (Wildman–Crippen LogP) is 2.97. The molecular formula is C17H14N2O4S. The van der Waals surface area contributed by atoms with Crippen LogP contribution in [0.15, 0.2) is 47.8 Å². The van der Waals surface area contributed by atoms with E-state index < -0.39 is 0 Å². The first-order chi connectivity index (χ1) is 11.6. The van der Waals surface area contributed by atoms with E-state index in [1.165, 1.54) is 17.4 Å². The van der Waals surface area contributed by atoms with Gasteiger partial charge in [0.25, 0.3) is 5.91 Å². The van der Waals surface area contributed by atoms with Crippen LogP contribution in [0.2, 0.25) is 0 Å². The largest absolute Gasteiger partial charge is 0.504 e. The molecule has 122 valence electrons. The maximum atomic E-state index is 12.2. The first kappa shape index (κ1) is 16.0. The highest BCUT2D eigenvalue weighted by atomic mass is 32.1. The van der Waals surface area contributed by atoms with Crippen molar-refractivity contribution in [3.05, 3.63) is 59.0 Å². The molecule has 7 heteroatoms. The van der Waals surface area contributed by atoms with Gasteiger partial charge in [-0.05, 0) is 29.8 Å². The first-order valence-electron chi connectivity index (χ1n) is 7.06. The normalized spacial score (nSPS) is 10.5. The van der Waals surface area contributed by atoms with E-state index >= 15 is 0 Å². The van der Waals surface area contributed by atoms with Gasteiger partial charge >= 0.3 is 0 Å². The summed E-state index contributed by atoms with van der Waals surface area (Å²) in [6, 6.07) is 11.2. The zero-order valence-electron chi connectivity index (χ0n) is 12.4. The molecule has 4 N–H and O–H groups in total. The molecule has 0 atom stereocenters. The van der Waals surface area contributed by atoms with Gasteiger partial charge in [0.15, 0.2) is 16.6 Å². The monoisotopic (exact) mass is 342 g/mol. The number of aromatic hydroxyl groups is 2. The maximum absolute atomic E-state index is 12.2. The van der Waals surface area contributed by atoms with Crippen LogP contribution in [-0.4, -0.2) is 26.2 Å². The van der Waals surface area contributed by atoms with Crippen molar-refractivity contribution in [2.75, 3.05) is 5.32 Å². The number of aromatic nitrogens is 1. The van der Waals surface area contributed by atoms with Crippen LogP contribution >= 0.6 is 11.3 Å². The van der Waals surface area contributed by atoms with Crippen molar-refractivity contribution in [3.63, 3.8) is 0 Å². The highest BCUT2D eigenvalue weighted by Gasteiger charge is 2.13. The Balaban J connectivity index is 1.78. The molecule has 0 saturated carbocycles. The third kappa shape index (κ3) is 3.22. The molecule has 0 aliphatic heterocycles. The topological polar surface area (TPSA) is 103 Å². The summed E-state index contributed by atoms with van der Waals surface area (Å²) < 4.78 is 0. The zero-order chi connectivity index (χ0) is 17.1. The molecule has 0 spiro atoms. The van der Waals surface area contributed by atoms with Gasteiger partial charge in [-0.25, -0.2) is 4.98 Å². The number of amides is 1. The molecular weight excluding hydrogens is 328 g/mol. The number of para-hydroxylation sites is 1. The van der Waals surface area contributed by atoms with Gasteiger partial charge in [0, 0.05) is 16.5 Å². The lowest BCUT2D eigenvalue weighted by Gasteiger charge is -2.04. The summed E-state index contributed by atoms with van der Waals surface area (Å²) in [6.07, 6.45) is 0. The smallest absolute Gasteiger partial charge is 0.257 e. The lowest BCUT2D eigenvalue weighted by Crippen LogP contribution is -2.11. The highest BCUT2D eigenvalue weighted by molar-refractivity contribution is 7.14. The van der Waals surface area contributed by atoms with Crippen LogP contribution < -0.4 is 5.32 Å². The third-order valence-electron chi connectivity index (χ3n) is 3.41. The molecule has 0 unspecified atom stereocenters. The number of phenolic OH excluding ortho intramolecular Hbond substituents is 2. The van der Waals surface area contributed by atoms with Crippen molar-refractivity contribution in [2.24, 2.45) is 0 Å². The molecule has 1 amide bonds. The van der Waals surface area contributed by atoms with Gasteiger partial charge < -0.3 is 15.3 Å². The van der Waals surface area contributed by atoms with E-state index in [1.54, 1.807) is 41.8 Å². The fourth-order valence-corrected chi connectivity index (χ4v) is 2.83. The van der Waals surface area contributed by atoms with Crippen molar-refractivity contribution >= 4 is 22.4 Å². The SMILES string of the molecule is O=C(Nc1nc(-c2cccc(O)c2O)cs1)c1ccc(CO)cc1. The third-order valence-corrected chi connectivity index (χ3v) is 4.17. The van der Waals surface area contributed by atoms with Gasteiger partial charge in [-0.3, -0.25) is 10.1 Å². The minimum Gasteiger partial charge on any atom is -0.504 e. The second-order valence-electron chi connectivity index (χ2n) is 5.02. The van der Waals surface area contributed by atoms with Gasteiger partial charge in [0.2, 0.25) is 0 Å². The number of hydrogen-bond donors (Lipinski definition) is 4. The molecule has 2 aromatic carbocycles. The molecule has 0 aliphatic rings. The fraction of sp³-hybridized carbons (Fsp3) is 0.0588. The standard InChI is InChI=1S/C17H14N2O4S/c20-8-10-4-6-11(7-5-10)16(23)19-17-18-13(9-24-17)12-2-1-3-14(21)15(12)22/h1-7,9,20-22H,8H2,(H,18,19,23). The minimum atomic E-state index is -0.319. The van der Waals surface area contributed by atoms with Crippen LogP contribution in [-0.2, 0) is 6.61 Å². The predicted molar refractivity (Wildman–Crippen MR) is 91.2 cm³/mol. The number of phenols is 2. The van der Waals surface area contributed by atoms with Crippen molar-refractivity contribution < 1.29 is 20.1 Å². The number of anilines is 1. The van der Waals surface area contributed by atoms with Gasteiger partial charge in [0.1, 0.15) is 0 Å². The summed E-state index contributed by atoms with van der Waals surface area (Å²) >= 11 is 1.21. The molecule has 3 aromatic rings.